The molecule has 132 valence electrons. The average Bonchev–Trinajstić information content (AvgIpc) is 2.55. The lowest BCUT2D eigenvalue weighted by atomic mass is 10.1. The van der Waals surface area contributed by atoms with Gasteiger partial charge in [0.05, 0.1) is 12.2 Å². The van der Waals surface area contributed by atoms with E-state index in [4.69, 9.17) is 0 Å². The van der Waals surface area contributed by atoms with E-state index in [1.807, 2.05) is 13.8 Å². The van der Waals surface area contributed by atoms with Crippen LogP contribution in [0.5, 0.6) is 0 Å². The van der Waals surface area contributed by atoms with Gasteiger partial charge in [0.1, 0.15) is 5.82 Å². The number of anilines is 3. The molecule has 0 radical (unpaired) electrons. The average molecular weight is 343 g/mol. The summed E-state index contributed by atoms with van der Waals surface area (Å²) >= 11 is 0. The van der Waals surface area contributed by atoms with E-state index in [0.29, 0.717) is 23.7 Å². The van der Waals surface area contributed by atoms with Gasteiger partial charge in [-0.15, -0.1) is 0 Å². The fraction of sp³-hybridized carbons (Fsp3) is 0.263. The fourth-order valence-corrected chi connectivity index (χ4v) is 2.20. The minimum absolute atomic E-state index is 0.0409. The summed E-state index contributed by atoms with van der Waals surface area (Å²) in [7, 11) is 0. The van der Waals surface area contributed by atoms with E-state index < -0.39 is 5.82 Å². The Morgan fingerprint density at radius 2 is 1.48 bits per heavy atom. The van der Waals surface area contributed by atoms with E-state index >= 15 is 0 Å². The van der Waals surface area contributed by atoms with Crippen molar-refractivity contribution in [1.29, 1.82) is 0 Å². The minimum Gasteiger partial charge on any atom is -0.374 e. The number of amides is 2. The quantitative estimate of drug-likeness (QED) is 0.715. The maximum atomic E-state index is 13.5. The molecule has 0 aliphatic heterocycles. The highest BCUT2D eigenvalue weighted by Crippen LogP contribution is 2.15. The second-order valence-corrected chi connectivity index (χ2v) is 6.11. The van der Waals surface area contributed by atoms with Crippen molar-refractivity contribution in [3.05, 3.63) is 54.3 Å². The van der Waals surface area contributed by atoms with E-state index in [1.165, 1.54) is 6.07 Å². The zero-order valence-electron chi connectivity index (χ0n) is 14.3. The molecule has 0 saturated heterocycles. The molecule has 2 aromatic carbocycles. The van der Waals surface area contributed by atoms with E-state index in [0.717, 1.165) is 0 Å². The summed E-state index contributed by atoms with van der Waals surface area (Å²) in [6.07, 6.45) is 0.459. The molecule has 0 spiro atoms. The van der Waals surface area contributed by atoms with E-state index in [2.05, 4.69) is 16.0 Å². The molecule has 0 aliphatic rings. The van der Waals surface area contributed by atoms with Gasteiger partial charge in [-0.1, -0.05) is 26.0 Å². The van der Waals surface area contributed by atoms with E-state index in [-0.39, 0.29) is 24.0 Å². The first-order valence-corrected chi connectivity index (χ1v) is 8.12. The van der Waals surface area contributed by atoms with Crippen LogP contribution in [-0.2, 0) is 9.59 Å². The van der Waals surface area contributed by atoms with Crippen LogP contribution in [0.3, 0.4) is 0 Å². The predicted octanol–water partition coefficient (Wildman–Crippen LogP) is 3.86. The molecular formula is C19H22FN3O2. The van der Waals surface area contributed by atoms with Crippen molar-refractivity contribution in [2.24, 2.45) is 5.92 Å². The van der Waals surface area contributed by atoms with Gasteiger partial charge in [-0.2, -0.15) is 0 Å². The molecule has 2 rings (SSSR count). The molecule has 0 aliphatic carbocycles. The van der Waals surface area contributed by atoms with Crippen LogP contribution in [-0.4, -0.2) is 18.4 Å². The number of rotatable bonds is 7. The van der Waals surface area contributed by atoms with Gasteiger partial charge in [-0.05, 0) is 42.3 Å². The Bertz CT molecular complexity index is 730. The maximum Gasteiger partial charge on any atom is 0.243 e. The minimum atomic E-state index is -0.406. The van der Waals surface area contributed by atoms with Crippen molar-refractivity contribution in [2.45, 2.75) is 20.3 Å². The summed E-state index contributed by atoms with van der Waals surface area (Å²) in [6.45, 7) is 3.91. The molecule has 3 N–H and O–H groups in total. The standard InChI is InChI=1S/C19H22FN3O2/c1-13(2)11-18(24)22-14-7-9-15(10-8-14)23-19(25)12-21-17-6-4-3-5-16(17)20/h3-10,13,21H,11-12H2,1-2H3,(H,22,24)(H,23,25). The van der Waals surface area contributed by atoms with Gasteiger partial charge in [-0.3, -0.25) is 9.59 Å². The van der Waals surface area contributed by atoms with Crippen LogP contribution in [0.2, 0.25) is 0 Å². The van der Waals surface area contributed by atoms with Gasteiger partial charge >= 0.3 is 0 Å². The Balaban J connectivity index is 1.83. The lowest BCUT2D eigenvalue weighted by molar-refractivity contribution is -0.117. The SMILES string of the molecule is CC(C)CC(=O)Nc1ccc(NC(=O)CNc2ccccc2F)cc1. The number of halogens is 1. The molecule has 0 heterocycles. The van der Waals surface area contributed by atoms with Gasteiger partial charge in [0, 0.05) is 17.8 Å². The van der Waals surface area contributed by atoms with Crippen molar-refractivity contribution in [2.75, 3.05) is 22.5 Å². The lowest BCUT2D eigenvalue weighted by Gasteiger charge is -2.10. The molecule has 0 saturated carbocycles. The summed E-state index contributed by atoms with van der Waals surface area (Å²) in [4.78, 5) is 23.6. The first-order valence-electron chi connectivity index (χ1n) is 8.12. The van der Waals surface area contributed by atoms with Crippen molar-refractivity contribution >= 4 is 28.9 Å². The molecule has 2 amide bonds. The van der Waals surface area contributed by atoms with Gasteiger partial charge in [0.2, 0.25) is 11.8 Å². The molecule has 0 bridgehead atoms. The monoisotopic (exact) mass is 343 g/mol. The Kier molecular flexibility index (Phi) is 6.51. The molecule has 0 fully saturated rings. The summed E-state index contributed by atoms with van der Waals surface area (Å²) in [6, 6.07) is 13.0. The number of carbonyl (C=O) groups is 2. The number of hydrogen-bond acceptors (Lipinski definition) is 3. The van der Waals surface area contributed by atoms with E-state index in [1.54, 1.807) is 42.5 Å². The zero-order valence-corrected chi connectivity index (χ0v) is 14.3. The third-order valence-electron chi connectivity index (χ3n) is 3.36. The number of benzene rings is 2. The number of carbonyl (C=O) groups excluding carboxylic acids is 2. The van der Waals surface area contributed by atoms with Crippen molar-refractivity contribution in [3.63, 3.8) is 0 Å². The largest absolute Gasteiger partial charge is 0.374 e. The number of nitrogens with one attached hydrogen (secondary N) is 3. The highest BCUT2D eigenvalue weighted by atomic mass is 19.1. The Morgan fingerprint density at radius 3 is 2.04 bits per heavy atom. The highest BCUT2D eigenvalue weighted by Gasteiger charge is 2.07. The molecule has 5 nitrogen and oxygen atoms in total. The zero-order chi connectivity index (χ0) is 18.2. The molecule has 0 unspecified atom stereocenters. The predicted molar refractivity (Wildman–Crippen MR) is 98.0 cm³/mol. The van der Waals surface area contributed by atoms with Gasteiger partial charge in [0.15, 0.2) is 0 Å². The summed E-state index contributed by atoms with van der Waals surface area (Å²) in [5.41, 5.74) is 1.55. The van der Waals surface area contributed by atoms with Crippen molar-refractivity contribution < 1.29 is 14.0 Å². The second-order valence-electron chi connectivity index (χ2n) is 6.11. The van der Waals surface area contributed by atoms with Crippen LogP contribution in [0, 0.1) is 11.7 Å². The van der Waals surface area contributed by atoms with Crippen molar-refractivity contribution in [1.82, 2.24) is 0 Å². The fourth-order valence-electron chi connectivity index (χ4n) is 2.20. The van der Waals surface area contributed by atoms with Crippen LogP contribution in [0.1, 0.15) is 20.3 Å². The summed E-state index contributed by atoms with van der Waals surface area (Å²) in [5.74, 6) is -0.446. The van der Waals surface area contributed by atoms with Gasteiger partial charge in [-0.25, -0.2) is 4.39 Å². The molecule has 0 aromatic heterocycles. The van der Waals surface area contributed by atoms with Crippen LogP contribution >= 0.6 is 0 Å². The van der Waals surface area contributed by atoms with Crippen LogP contribution in [0.15, 0.2) is 48.5 Å². The van der Waals surface area contributed by atoms with Crippen molar-refractivity contribution in [3.8, 4) is 0 Å². The van der Waals surface area contributed by atoms with Crippen LogP contribution < -0.4 is 16.0 Å². The van der Waals surface area contributed by atoms with Gasteiger partial charge in [0.25, 0.3) is 0 Å². The number of para-hydroxylation sites is 1. The molecule has 2 aromatic rings. The topological polar surface area (TPSA) is 70.2 Å². The number of hydrogen-bond donors (Lipinski definition) is 3. The Labute approximate surface area is 146 Å². The molecule has 6 heteroatoms. The molecule has 25 heavy (non-hydrogen) atoms. The van der Waals surface area contributed by atoms with Crippen LogP contribution in [0.25, 0.3) is 0 Å². The Morgan fingerprint density at radius 1 is 0.920 bits per heavy atom. The second kappa shape index (κ2) is 8.82. The first-order chi connectivity index (χ1) is 11.9. The van der Waals surface area contributed by atoms with Gasteiger partial charge < -0.3 is 16.0 Å². The molecular weight excluding hydrogens is 321 g/mol. The van der Waals surface area contributed by atoms with E-state index in [9.17, 15) is 14.0 Å². The highest BCUT2D eigenvalue weighted by molar-refractivity contribution is 5.94. The first kappa shape index (κ1) is 18.4. The Hall–Kier alpha value is -2.89. The van der Waals surface area contributed by atoms with Crippen LogP contribution in [0.4, 0.5) is 21.5 Å². The summed E-state index contributed by atoms with van der Waals surface area (Å²) < 4.78 is 13.5. The maximum absolute atomic E-state index is 13.5. The smallest absolute Gasteiger partial charge is 0.243 e. The molecule has 0 atom stereocenters. The summed E-state index contributed by atoms with van der Waals surface area (Å²) in [5, 5.41) is 8.25. The third kappa shape index (κ3) is 6.25. The third-order valence-corrected chi connectivity index (χ3v) is 3.36. The lowest BCUT2D eigenvalue weighted by Crippen LogP contribution is -2.22. The normalized spacial score (nSPS) is 10.4.